The number of hydrogen-bond acceptors (Lipinski definition) is 2. The molecule has 0 radical (unpaired) electrons. The molecular weight excluding hydrogens is 252 g/mol. The first-order chi connectivity index (χ1) is 8.45. The lowest BCUT2D eigenvalue weighted by Crippen LogP contribution is -2.48. The minimum absolute atomic E-state index is 0.0150. The topological polar surface area (TPSA) is 58.2 Å². The van der Waals surface area contributed by atoms with Crippen LogP contribution in [0, 0.1) is 5.92 Å². The molecule has 0 saturated heterocycles. The molecule has 1 atom stereocenters. The Morgan fingerprint density at radius 1 is 1.17 bits per heavy atom. The van der Waals surface area contributed by atoms with Crippen LogP contribution in [0.3, 0.4) is 0 Å². The van der Waals surface area contributed by atoms with E-state index in [1.54, 1.807) is 31.3 Å². The van der Waals surface area contributed by atoms with E-state index in [0.29, 0.717) is 10.6 Å². The summed E-state index contributed by atoms with van der Waals surface area (Å²) < 4.78 is 0. The summed E-state index contributed by atoms with van der Waals surface area (Å²) >= 11 is 5.75. The maximum atomic E-state index is 12.0. The molecule has 0 aliphatic carbocycles. The van der Waals surface area contributed by atoms with Gasteiger partial charge in [0.1, 0.15) is 6.04 Å². The van der Waals surface area contributed by atoms with Gasteiger partial charge in [-0.3, -0.25) is 9.59 Å². The molecule has 2 amide bonds. The lowest BCUT2D eigenvalue weighted by atomic mass is 10.0. The summed E-state index contributed by atoms with van der Waals surface area (Å²) in [6.45, 7) is 3.75. The van der Waals surface area contributed by atoms with Gasteiger partial charge in [-0.25, -0.2) is 0 Å². The molecule has 98 valence electrons. The molecule has 1 rings (SSSR count). The average Bonchev–Trinajstić information content (AvgIpc) is 2.35. The van der Waals surface area contributed by atoms with Crippen LogP contribution in [0.1, 0.15) is 24.2 Å². The van der Waals surface area contributed by atoms with Gasteiger partial charge in [0.15, 0.2) is 0 Å². The second kappa shape index (κ2) is 6.40. The summed E-state index contributed by atoms with van der Waals surface area (Å²) in [7, 11) is 1.55. The van der Waals surface area contributed by atoms with Crippen molar-refractivity contribution in [3.05, 3.63) is 34.9 Å². The van der Waals surface area contributed by atoms with Gasteiger partial charge < -0.3 is 10.6 Å². The molecule has 2 N–H and O–H groups in total. The molecule has 4 nitrogen and oxygen atoms in total. The van der Waals surface area contributed by atoms with Gasteiger partial charge in [-0.1, -0.05) is 25.4 Å². The molecule has 18 heavy (non-hydrogen) atoms. The molecule has 0 aliphatic heterocycles. The highest BCUT2D eigenvalue weighted by Gasteiger charge is 2.23. The smallest absolute Gasteiger partial charge is 0.251 e. The third-order valence-corrected chi connectivity index (χ3v) is 2.84. The van der Waals surface area contributed by atoms with Gasteiger partial charge in [0.25, 0.3) is 5.91 Å². The lowest BCUT2D eigenvalue weighted by Gasteiger charge is -2.20. The van der Waals surface area contributed by atoms with E-state index in [0.717, 1.165) is 0 Å². The van der Waals surface area contributed by atoms with Gasteiger partial charge in [-0.2, -0.15) is 0 Å². The van der Waals surface area contributed by atoms with E-state index in [1.165, 1.54) is 0 Å². The Labute approximate surface area is 112 Å². The quantitative estimate of drug-likeness (QED) is 0.875. The fraction of sp³-hybridized carbons (Fsp3) is 0.385. The van der Waals surface area contributed by atoms with Crippen molar-refractivity contribution in [1.82, 2.24) is 10.6 Å². The van der Waals surface area contributed by atoms with Crippen molar-refractivity contribution in [2.75, 3.05) is 7.05 Å². The van der Waals surface area contributed by atoms with Crippen molar-refractivity contribution in [3.8, 4) is 0 Å². The number of benzene rings is 1. The number of amides is 2. The molecule has 0 saturated carbocycles. The number of halogens is 1. The number of hydrogen-bond donors (Lipinski definition) is 2. The Morgan fingerprint density at radius 2 is 1.72 bits per heavy atom. The predicted molar refractivity (Wildman–Crippen MR) is 71.6 cm³/mol. The van der Waals surface area contributed by atoms with Crippen LogP contribution in [0.15, 0.2) is 24.3 Å². The fourth-order valence-corrected chi connectivity index (χ4v) is 1.64. The number of rotatable bonds is 4. The third kappa shape index (κ3) is 3.74. The largest absolute Gasteiger partial charge is 0.357 e. The van der Waals surface area contributed by atoms with Crippen LogP contribution < -0.4 is 10.6 Å². The van der Waals surface area contributed by atoms with E-state index in [1.807, 2.05) is 13.8 Å². The monoisotopic (exact) mass is 268 g/mol. The molecule has 1 aromatic rings. The standard InChI is InChI=1S/C13H17ClN2O2/c1-8(2)11(13(18)15-3)16-12(17)9-4-6-10(14)7-5-9/h4-8,11H,1-3H3,(H,15,18)(H,16,17). The first kappa shape index (κ1) is 14.5. The highest BCUT2D eigenvalue weighted by atomic mass is 35.5. The van der Waals surface area contributed by atoms with Gasteiger partial charge in [0.05, 0.1) is 0 Å². The number of nitrogens with one attached hydrogen (secondary N) is 2. The van der Waals surface area contributed by atoms with Crippen LogP contribution in [-0.2, 0) is 4.79 Å². The zero-order valence-electron chi connectivity index (χ0n) is 10.7. The van der Waals surface area contributed by atoms with Gasteiger partial charge in [0.2, 0.25) is 5.91 Å². The molecule has 0 aliphatic rings. The van der Waals surface area contributed by atoms with Gasteiger partial charge in [0, 0.05) is 17.6 Å². The van der Waals surface area contributed by atoms with E-state index < -0.39 is 6.04 Å². The van der Waals surface area contributed by atoms with Gasteiger partial charge >= 0.3 is 0 Å². The summed E-state index contributed by atoms with van der Waals surface area (Å²) in [5.74, 6) is -0.470. The SMILES string of the molecule is CNC(=O)C(NC(=O)c1ccc(Cl)cc1)C(C)C. The highest BCUT2D eigenvalue weighted by molar-refractivity contribution is 6.30. The average molecular weight is 269 g/mol. The van der Waals surface area contributed by atoms with E-state index in [9.17, 15) is 9.59 Å². The van der Waals surface area contributed by atoms with Crippen LogP contribution in [-0.4, -0.2) is 24.9 Å². The zero-order valence-corrected chi connectivity index (χ0v) is 11.4. The normalized spacial score (nSPS) is 12.1. The Kier molecular flexibility index (Phi) is 5.16. The number of carbonyl (C=O) groups is 2. The summed E-state index contributed by atoms with van der Waals surface area (Å²) in [6.07, 6.45) is 0. The van der Waals surface area contributed by atoms with Crippen molar-refractivity contribution >= 4 is 23.4 Å². The number of likely N-dealkylation sites (N-methyl/N-ethyl adjacent to an activating group) is 1. The van der Waals surface area contributed by atoms with Crippen molar-refractivity contribution in [1.29, 1.82) is 0 Å². The minimum atomic E-state index is -0.543. The predicted octanol–water partition coefficient (Wildman–Crippen LogP) is 1.84. The summed E-state index contributed by atoms with van der Waals surface area (Å²) in [5.41, 5.74) is 0.481. The van der Waals surface area contributed by atoms with Crippen molar-refractivity contribution < 1.29 is 9.59 Å². The summed E-state index contributed by atoms with van der Waals surface area (Å²) in [5, 5.41) is 5.81. The third-order valence-electron chi connectivity index (χ3n) is 2.59. The van der Waals surface area contributed by atoms with Crippen LogP contribution in [0.4, 0.5) is 0 Å². The number of carbonyl (C=O) groups excluding carboxylic acids is 2. The molecule has 0 heterocycles. The molecule has 0 aromatic heterocycles. The summed E-state index contributed by atoms with van der Waals surface area (Å²) in [4.78, 5) is 23.6. The fourth-order valence-electron chi connectivity index (χ4n) is 1.52. The van der Waals surface area contributed by atoms with E-state index in [4.69, 9.17) is 11.6 Å². The molecule has 1 unspecified atom stereocenters. The molecule has 0 fully saturated rings. The maximum absolute atomic E-state index is 12.0. The minimum Gasteiger partial charge on any atom is -0.357 e. The summed E-state index contributed by atoms with van der Waals surface area (Å²) in [6, 6.07) is 5.98. The van der Waals surface area contributed by atoms with Crippen LogP contribution in [0.25, 0.3) is 0 Å². The zero-order chi connectivity index (χ0) is 13.7. The molecular formula is C13H17ClN2O2. The van der Waals surface area contributed by atoms with E-state index in [2.05, 4.69) is 10.6 Å². The molecule has 0 bridgehead atoms. The molecule has 1 aromatic carbocycles. The van der Waals surface area contributed by atoms with E-state index in [-0.39, 0.29) is 17.7 Å². The second-order valence-electron chi connectivity index (χ2n) is 4.32. The first-order valence-corrected chi connectivity index (χ1v) is 6.11. The second-order valence-corrected chi connectivity index (χ2v) is 4.75. The van der Waals surface area contributed by atoms with Crippen molar-refractivity contribution in [2.24, 2.45) is 5.92 Å². The lowest BCUT2D eigenvalue weighted by molar-refractivity contribution is -0.123. The van der Waals surface area contributed by atoms with Crippen molar-refractivity contribution in [3.63, 3.8) is 0 Å². The van der Waals surface area contributed by atoms with Crippen molar-refractivity contribution in [2.45, 2.75) is 19.9 Å². The van der Waals surface area contributed by atoms with Crippen LogP contribution in [0.5, 0.6) is 0 Å². The van der Waals surface area contributed by atoms with E-state index >= 15 is 0 Å². The van der Waals surface area contributed by atoms with Gasteiger partial charge in [-0.05, 0) is 30.2 Å². The Balaban J connectivity index is 2.78. The highest BCUT2D eigenvalue weighted by Crippen LogP contribution is 2.10. The molecule has 5 heteroatoms. The Morgan fingerprint density at radius 3 is 2.17 bits per heavy atom. The van der Waals surface area contributed by atoms with Gasteiger partial charge in [-0.15, -0.1) is 0 Å². The van der Waals surface area contributed by atoms with Crippen LogP contribution >= 0.6 is 11.6 Å². The molecule has 0 spiro atoms. The Hall–Kier alpha value is -1.55. The Bertz CT molecular complexity index is 429. The maximum Gasteiger partial charge on any atom is 0.251 e. The van der Waals surface area contributed by atoms with Crippen LogP contribution in [0.2, 0.25) is 5.02 Å². The first-order valence-electron chi connectivity index (χ1n) is 5.73.